The van der Waals surface area contributed by atoms with Crippen LogP contribution in [0.4, 0.5) is 5.69 Å². The molecule has 0 aromatic heterocycles. The molecule has 0 fully saturated rings. The van der Waals surface area contributed by atoms with Crippen LogP contribution in [0.3, 0.4) is 0 Å². The number of amidine groups is 1. The molecule has 0 saturated heterocycles. The fourth-order valence-electron chi connectivity index (χ4n) is 2.71. The van der Waals surface area contributed by atoms with Crippen LogP contribution in [0.15, 0.2) is 53.5 Å². The maximum absolute atomic E-state index is 12.7. The van der Waals surface area contributed by atoms with Gasteiger partial charge in [0.2, 0.25) is 0 Å². The van der Waals surface area contributed by atoms with Crippen LogP contribution in [0.5, 0.6) is 5.75 Å². The maximum Gasteiger partial charge on any atom is 0.319 e. The van der Waals surface area contributed by atoms with Gasteiger partial charge in [0, 0.05) is 23.9 Å². The number of nitrogens with one attached hydrogen (secondary N) is 2. The van der Waals surface area contributed by atoms with Gasteiger partial charge in [-0.3, -0.25) is 14.6 Å². The van der Waals surface area contributed by atoms with Gasteiger partial charge in [0.05, 0.1) is 12.6 Å². The molecule has 0 saturated carbocycles. The summed E-state index contributed by atoms with van der Waals surface area (Å²) in [4.78, 5) is 27.9. The molecule has 0 aliphatic carbocycles. The number of anilines is 1. The Hall–Kier alpha value is -3.00. The van der Waals surface area contributed by atoms with Gasteiger partial charge in [-0.2, -0.15) is 0 Å². The highest BCUT2D eigenvalue weighted by Gasteiger charge is 2.27. The largest absolute Gasteiger partial charge is 0.491 e. The van der Waals surface area contributed by atoms with E-state index < -0.39 is 11.2 Å². The zero-order valence-corrected chi connectivity index (χ0v) is 17.0. The lowest BCUT2D eigenvalue weighted by molar-refractivity contribution is -0.136. The van der Waals surface area contributed by atoms with Crippen molar-refractivity contribution in [2.75, 3.05) is 11.9 Å². The van der Waals surface area contributed by atoms with E-state index in [1.54, 1.807) is 12.1 Å². The molecule has 1 aliphatic rings. The molecule has 0 radical (unpaired) electrons. The number of hydrogen-bond acceptors (Lipinski definition) is 6. The van der Waals surface area contributed by atoms with E-state index in [4.69, 9.17) is 9.84 Å². The molecule has 2 aromatic rings. The molecule has 1 atom stereocenters. The second-order valence-electron chi connectivity index (χ2n) is 6.80. The number of carbonyl (C=O) groups is 2. The quantitative estimate of drug-likeness (QED) is 0.644. The Morgan fingerprint density at radius 3 is 2.66 bits per heavy atom. The highest BCUT2D eigenvalue weighted by atomic mass is 32.2. The standard InChI is InChI=1S/C21H23N3O4S/c1-13(2)28-17-9-15(19(25)24-21-23-12-18(29-21)20(26)27)8-16(10-17)22-11-14-6-4-3-5-7-14/h3-10,13,18,22H,11-12H2,1-2H3,(H,26,27)(H,23,24,25). The molecule has 1 amide bonds. The van der Waals surface area contributed by atoms with Crippen molar-refractivity contribution in [2.24, 2.45) is 4.99 Å². The van der Waals surface area contributed by atoms with Gasteiger partial charge in [0.25, 0.3) is 5.91 Å². The zero-order valence-electron chi connectivity index (χ0n) is 16.2. The third-order valence-corrected chi connectivity index (χ3v) is 5.12. The van der Waals surface area contributed by atoms with Crippen LogP contribution >= 0.6 is 11.8 Å². The minimum Gasteiger partial charge on any atom is -0.491 e. The number of carboxylic acids is 1. The van der Waals surface area contributed by atoms with E-state index in [2.05, 4.69) is 15.6 Å². The topological polar surface area (TPSA) is 100 Å². The first-order valence-electron chi connectivity index (χ1n) is 9.25. The van der Waals surface area contributed by atoms with E-state index in [9.17, 15) is 9.59 Å². The average Bonchev–Trinajstić information content (AvgIpc) is 3.15. The van der Waals surface area contributed by atoms with Crippen LogP contribution in [0.1, 0.15) is 29.8 Å². The Morgan fingerprint density at radius 1 is 1.24 bits per heavy atom. The second kappa shape index (κ2) is 9.47. The Balaban J connectivity index is 1.74. The predicted molar refractivity (Wildman–Crippen MR) is 115 cm³/mol. The Labute approximate surface area is 173 Å². The van der Waals surface area contributed by atoms with Crippen LogP contribution < -0.4 is 15.4 Å². The van der Waals surface area contributed by atoms with Gasteiger partial charge in [0.15, 0.2) is 5.17 Å². The van der Waals surface area contributed by atoms with E-state index in [0.717, 1.165) is 23.0 Å². The van der Waals surface area contributed by atoms with E-state index in [1.807, 2.05) is 50.2 Å². The number of carbonyl (C=O) groups excluding carboxylic acids is 1. The summed E-state index contributed by atoms with van der Waals surface area (Å²) in [5.41, 5.74) is 2.27. The summed E-state index contributed by atoms with van der Waals surface area (Å²) in [7, 11) is 0. The number of aliphatic carboxylic acids is 1. The van der Waals surface area contributed by atoms with Gasteiger partial charge in [-0.15, -0.1) is 0 Å². The molecule has 8 heteroatoms. The van der Waals surface area contributed by atoms with Crippen LogP contribution in [-0.2, 0) is 11.3 Å². The van der Waals surface area contributed by atoms with Gasteiger partial charge < -0.3 is 20.5 Å². The fraction of sp³-hybridized carbons (Fsp3) is 0.286. The lowest BCUT2D eigenvalue weighted by Gasteiger charge is -2.15. The lowest BCUT2D eigenvalue weighted by atomic mass is 10.1. The third kappa shape index (κ3) is 5.99. The summed E-state index contributed by atoms with van der Waals surface area (Å²) in [5.74, 6) is -0.727. The van der Waals surface area contributed by atoms with Crippen molar-refractivity contribution >= 4 is 34.5 Å². The minimum absolute atomic E-state index is 0.0404. The number of nitrogens with zero attached hydrogens (tertiary/aromatic N) is 1. The first kappa shape index (κ1) is 20.7. The number of amides is 1. The third-order valence-electron chi connectivity index (χ3n) is 4.03. The molecule has 2 aromatic carbocycles. The lowest BCUT2D eigenvalue weighted by Crippen LogP contribution is -2.28. The van der Waals surface area contributed by atoms with Crippen molar-refractivity contribution in [3.63, 3.8) is 0 Å². The number of benzene rings is 2. The molecule has 3 N–H and O–H groups in total. The predicted octanol–water partition coefficient (Wildman–Crippen LogP) is 3.37. The highest BCUT2D eigenvalue weighted by Crippen LogP contribution is 2.24. The number of hydrogen-bond donors (Lipinski definition) is 3. The SMILES string of the molecule is CC(C)Oc1cc(NCc2ccccc2)cc(C(=O)NC2=NCC(C(=O)O)S2)c1. The van der Waals surface area contributed by atoms with Gasteiger partial charge >= 0.3 is 5.97 Å². The number of rotatable bonds is 7. The number of aliphatic imine (C=N–C) groups is 1. The van der Waals surface area contributed by atoms with E-state index in [1.165, 1.54) is 0 Å². The van der Waals surface area contributed by atoms with Gasteiger partial charge in [0.1, 0.15) is 11.0 Å². The summed E-state index contributed by atoms with van der Waals surface area (Å²) in [6.45, 7) is 4.59. The van der Waals surface area contributed by atoms with Crippen molar-refractivity contribution in [3.05, 3.63) is 59.7 Å². The number of ether oxygens (including phenoxy) is 1. The summed E-state index contributed by atoms with van der Waals surface area (Å²) in [6, 6.07) is 15.2. The molecule has 0 spiro atoms. The van der Waals surface area contributed by atoms with Gasteiger partial charge in [-0.25, -0.2) is 0 Å². The molecule has 29 heavy (non-hydrogen) atoms. The average molecular weight is 413 g/mol. The molecule has 3 rings (SSSR count). The second-order valence-corrected chi connectivity index (χ2v) is 7.99. The minimum atomic E-state index is -0.942. The van der Waals surface area contributed by atoms with E-state index >= 15 is 0 Å². The monoisotopic (exact) mass is 413 g/mol. The van der Waals surface area contributed by atoms with Crippen LogP contribution in [0.2, 0.25) is 0 Å². The number of thioether (sulfide) groups is 1. The van der Waals surface area contributed by atoms with Crippen LogP contribution in [0.25, 0.3) is 0 Å². The van der Waals surface area contributed by atoms with Crippen molar-refractivity contribution < 1.29 is 19.4 Å². The molecular weight excluding hydrogens is 390 g/mol. The Bertz CT molecular complexity index is 915. The van der Waals surface area contributed by atoms with Gasteiger partial charge in [-0.1, -0.05) is 42.1 Å². The fourth-order valence-corrected chi connectivity index (χ4v) is 3.53. The first-order valence-corrected chi connectivity index (χ1v) is 10.1. The molecule has 152 valence electrons. The van der Waals surface area contributed by atoms with Crippen LogP contribution in [-0.4, -0.2) is 40.0 Å². The first-order chi connectivity index (χ1) is 13.9. The molecular formula is C21H23N3O4S. The molecule has 7 nitrogen and oxygen atoms in total. The molecule has 0 bridgehead atoms. The van der Waals surface area contributed by atoms with E-state index in [-0.39, 0.29) is 18.6 Å². The normalized spacial score (nSPS) is 15.7. The molecule has 1 heterocycles. The van der Waals surface area contributed by atoms with Crippen molar-refractivity contribution in [1.82, 2.24) is 5.32 Å². The Kier molecular flexibility index (Phi) is 6.77. The smallest absolute Gasteiger partial charge is 0.319 e. The summed E-state index contributed by atoms with van der Waals surface area (Å²) >= 11 is 1.04. The van der Waals surface area contributed by atoms with E-state index in [0.29, 0.717) is 23.0 Å². The summed E-state index contributed by atoms with van der Waals surface area (Å²) in [6.07, 6.45) is -0.0404. The van der Waals surface area contributed by atoms with Crippen molar-refractivity contribution in [1.29, 1.82) is 0 Å². The zero-order chi connectivity index (χ0) is 20.8. The van der Waals surface area contributed by atoms with Crippen molar-refractivity contribution in [2.45, 2.75) is 31.7 Å². The van der Waals surface area contributed by atoms with Crippen LogP contribution in [0, 0.1) is 0 Å². The summed E-state index contributed by atoms with van der Waals surface area (Å²) in [5, 5.41) is 14.7. The van der Waals surface area contributed by atoms with Gasteiger partial charge in [-0.05, 0) is 31.5 Å². The number of carboxylic acid groups (broad SMARTS) is 1. The maximum atomic E-state index is 12.7. The summed E-state index contributed by atoms with van der Waals surface area (Å²) < 4.78 is 5.78. The highest BCUT2D eigenvalue weighted by molar-refractivity contribution is 8.15. The Morgan fingerprint density at radius 2 is 2.00 bits per heavy atom. The molecule has 1 aliphatic heterocycles. The van der Waals surface area contributed by atoms with Crippen molar-refractivity contribution in [3.8, 4) is 5.75 Å². The molecule has 1 unspecified atom stereocenters.